The van der Waals surface area contributed by atoms with Crippen molar-refractivity contribution in [1.82, 2.24) is 0 Å². The van der Waals surface area contributed by atoms with E-state index in [0.717, 1.165) is 12.1 Å². The number of rotatable bonds is 5. The smallest absolute Gasteiger partial charge is 0.397 e. The van der Waals surface area contributed by atoms with E-state index in [1.165, 1.54) is 12.1 Å². The maximum absolute atomic E-state index is 12.4. The number of amides is 1. The number of carbonyl (C=O) groups excluding carboxylic acids is 1. The predicted octanol–water partition coefficient (Wildman–Crippen LogP) is 4.42. The van der Waals surface area contributed by atoms with Crippen LogP contribution in [0.25, 0.3) is 11.1 Å². The molecular weight excluding hydrogens is 421 g/mol. The quantitative estimate of drug-likeness (QED) is 0.351. The van der Waals surface area contributed by atoms with Gasteiger partial charge in [0.2, 0.25) is 0 Å². The summed E-state index contributed by atoms with van der Waals surface area (Å²) >= 11 is 0. The third kappa shape index (κ3) is 4.71. The Labute approximate surface area is 170 Å². The Morgan fingerprint density at radius 1 is 0.900 bits per heavy atom. The highest BCUT2D eigenvalue weighted by molar-refractivity contribution is 7.88. The summed E-state index contributed by atoms with van der Waals surface area (Å²) in [4.78, 5) is 12.3. The van der Waals surface area contributed by atoms with Gasteiger partial charge in [0.05, 0.1) is 11.4 Å². The largest absolute Gasteiger partial charge is 0.534 e. The van der Waals surface area contributed by atoms with Crippen LogP contribution in [-0.2, 0) is 10.1 Å². The van der Waals surface area contributed by atoms with E-state index in [-0.39, 0.29) is 5.91 Å². The molecule has 0 bridgehead atoms. The maximum atomic E-state index is 12.4. The molecule has 3 rings (SSSR count). The molecule has 6 nitrogen and oxygen atoms in total. The molecule has 3 aromatic carbocycles. The third-order valence-electron chi connectivity index (χ3n) is 4.01. The van der Waals surface area contributed by atoms with Gasteiger partial charge in [-0.05, 0) is 47.5 Å². The van der Waals surface area contributed by atoms with Crippen molar-refractivity contribution in [3.63, 3.8) is 0 Å². The average molecular weight is 436 g/mol. The highest BCUT2D eigenvalue weighted by atomic mass is 32.2. The van der Waals surface area contributed by atoms with Crippen LogP contribution in [0.5, 0.6) is 5.75 Å². The third-order valence-corrected chi connectivity index (χ3v) is 4.99. The van der Waals surface area contributed by atoms with Crippen molar-refractivity contribution in [2.45, 2.75) is 5.51 Å². The second-order valence-corrected chi connectivity index (χ2v) is 7.67. The van der Waals surface area contributed by atoms with Crippen LogP contribution in [0, 0.1) is 0 Å². The fraction of sp³-hybridized carbons (Fsp3) is 0.0500. The monoisotopic (exact) mass is 436 g/mol. The maximum Gasteiger partial charge on any atom is 0.534 e. The summed E-state index contributed by atoms with van der Waals surface area (Å²) in [6, 6.07) is 18.3. The van der Waals surface area contributed by atoms with E-state index >= 15 is 0 Å². The van der Waals surface area contributed by atoms with Gasteiger partial charge in [-0.15, -0.1) is 0 Å². The summed E-state index contributed by atoms with van der Waals surface area (Å²) in [6.45, 7) is 0. The first-order valence-electron chi connectivity index (χ1n) is 8.44. The molecule has 0 saturated heterocycles. The number of nitrogen functional groups attached to an aromatic ring is 1. The van der Waals surface area contributed by atoms with Crippen LogP contribution in [0.2, 0.25) is 0 Å². The molecule has 30 heavy (non-hydrogen) atoms. The van der Waals surface area contributed by atoms with Gasteiger partial charge in [-0.3, -0.25) is 4.79 Å². The summed E-state index contributed by atoms with van der Waals surface area (Å²) in [5, 5.41) is 2.70. The number of alkyl halides is 3. The molecule has 10 heteroatoms. The molecule has 0 aromatic heterocycles. The number of anilines is 2. The Morgan fingerprint density at radius 3 is 2.10 bits per heavy atom. The van der Waals surface area contributed by atoms with Gasteiger partial charge in [0.25, 0.3) is 5.91 Å². The number of halogens is 3. The number of hydrogen-bond acceptors (Lipinski definition) is 5. The molecule has 0 aliphatic heterocycles. The van der Waals surface area contributed by atoms with E-state index in [1.807, 2.05) is 0 Å². The van der Waals surface area contributed by atoms with Gasteiger partial charge >= 0.3 is 15.6 Å². The van der Waals surface area contributed by atoms with Crippen LogP contribution < -0.4 is 15.2 Å². The van der Waals surface area contributed by atoms with Gasteiger partial charge in [0.15, 0.2) is 0 Å². The molecule has 156 valence electrons. The van der Waals surface area contributed by atoms with Crippen LogP contribution in [0.15, 0.2) is 72.8 Å². The zero-order valence-electron chi connectivity index (χ0n) is 15.2. The standard InChI is InChI=1S/C20H15F3N2O4S/c21-20(22,23)30(27,28)29-16-9-6-13(7-10-16)15-8-11-17(24)18(12-15)25-19(26)14-4-2-1-3-5-14/h1-12H,24H2,(H,25,26). The van der Waals surface area contributed by atoms with Crippen LogP contribution in [0.4, 0.5) is 24.5 Å². The molecule has 0 saturated carbocycles. The Bertz CT molecular complexity index is 1160. The fourth-order valence-corrected chi connectivity index (χ4v) is 2.96. The predicted molar refractivity (Wildman–Crippen MR) is 106 cm³/mol. The zero-order chi connectivity index (χ0) is 21.9. The molecule has 0 spiro atoms. The average Bonchev–Trinajstić information content (AvgIpc) is 2.70. The van der Waals surface area contributed by atoms with E-state index in [0.29, 0.717) is 28.1 Å². The van der Waals surface area contributed by atoms with Crippen molar-refractivity contribution in [2.24, 2.45) is 0 Å². The summed E-state index contributed by atoms with van der Waals surface area (Å²) in [5.74, 6) is -0.843. The van der Waals surface area contributed by atoms with E-state index in [9.17, 15) is 26.4 Å². The molecule has 0 atom stereocenters. The second-order valence-electron chi connectivity index (χ2n) is 6.13. The first-order chi connectivity index (χ1) is 14.1. The Hall–Kier alpha value is -3.53. The molecule has 1 amide bonds. The van der Waals surface area contributed by atoms with Gasteiger partial charge in [-0.2, -0.15) is 21.6 Å². The van der Waals surface area contributed by atoms with Crippen LogP contribution in [-0.4, -0.2) is 19.8 Å². The summed E-state index contributed by atoms with van der Waals surface area (Å²) in [5.41, 5.74) is 2.65. The lowest BCUT2D eigenvalue weighted by molar-refractivity contribution is -0.0500. The van der Waals surface area contributed by atoms with Crippen molar-refractivity contribution in [2.75, 3.05) is 11.1 Å². The Kier molecular flexibility index (Phi) is 5.70. The molecule has 0 aliphatic carbocycles. The van der Waals surface area contributed by atoms with Gasteiger partial charge in [0.1, 0.15) is 5.75 Å². The summed E-state index contributed by atoms with van der Waals surface area (Å²) in [6.07, 6.45) is 0. The number of carbonyl (C=O) groups is 1. The van der Waals surface area contributed by atoms with Crippen molar-refractivity contribution >= 4 is 27.4 Å². The number of nitrogens with one attached hydrogen (secondary N) is 1. The summed E-state index contributed by atoms with van der Waals surface area (Å²) in [7, 11) is -5.74. The van der Waals surface area contributed by atoms with E-state index in [1.54, 1.807) is 48.5 Å². The van der Waals surface area contributed by atoms with Crippen molar-refractivity contribution < 1.29 is 30.6 Å². The minimum absolute atomic E-state index is 0.319. The number of benzene rings is 3. The fourth-order valence-electron chi connectivity index (χ4n) is 2.50. The lowest BCUT2D eigenvalue weighted by Crippen LogP contribution is -2.28. The van der Waals surface area contributed by atoms with E-state index in [2.05, 4.69) is 9.50 Å². The van der Waals surface area contributed by atoms with Crippen LogP contribution in [0.1, 0.15) is 10.4 Å². The molecule has 0 heterocycles. The SMILES string of the molecule is Nc1ccc(-c2ccc(OS(=O)(=O)C(F)(F)F)cc2)cc1NC(=O)c1ccccc1. The topological polar surface area (TPSA) is 98.5 Å². The Morgan fingerprint density at radius 2 is 1.50 bits per heavy atom. The molecule has 3 N–H and O–H groups in total. The molecule has 0 radical (unpaired) electrons. The first kappa shape index (κ1) is 21.2. The zero-order valence-corrected chi connectivity index (χ0v) is 16.0. The molecule has 0 fully saturated rings. The first-order valence-corrected chi connectivity index (χ1v) is 9.85. The van der Waals surface area contributed by atoms with E-state index < -0.39 is 21.4 Å². The van der Waals surface area contributed by atoms with Gasteiger partial charge in [0, 0.05) is 5.56 Å². The molecule has 0 unspecified atom stereocenters. The highest BCUT2D eigenvalue weighted by Gasteiger charge is 2.48. The second kappa shape index (κ2) is 8.07. The van der Waals surface area contributed by atoms with E-state index in [4.69, 9.17) is 5.73 Å². The van der Waals surface area contributed by atoms with Gasteiger partial charge in [-0.1, -0.05) is 36.4 Å². The lowest BCUT2D eigenvalue weighted by atomic mass is 10.0. The molecule has 3 aromatic rings. The minimum atomic E-state index is -5.74. The molecular formula is C20H15F3N2O4S. The van der Waals surface area contributed by atoms with Gasteiger partial charge < -0.3 is 15.2 Å². The minimum Gasteiger partial charge on any atom is -0.397 e. The normalized spacial score (nSPS) is 11.7. The molecule has 0 aliphatic rings. The van der Waals surface area contributed by atoms with Crippen LogP contribution >= 0.6 is 0 Å². The lowest BCUT2D eigenvalue weighted by Gasteiger charge is -2.12. The van der Waals surface area contributed by atoms with Crippen molar-refractivity contribution in [1.29, 1.82) is 0 Å². The van der Waals surface area contributed by atoms with Gasteiger partial charge in [-0.25, -0.2) is 0 Å². The van der Waals surface area contributed by atoms with Crippen LogP contribution in [0.3, 0.4) is 0 Å². The van der Waals surface area contributed by atoms with Crippen molar-refractivity contribution in [3.8, 4) is 16.9 Å². The summed E-state index contributed by atoms with van der Waals surface area (Å²) < 4.78 is 63.5. The Balaban J connectivity index is 1.81. The number of nitrogens with two attached hydrogens (primary N) is 1. The van der Waals surface area contributed by atoms with Crippen molar-refractivity contribution in [3.05, 3.63) is 78.4 Å². The number of hydrogen-bond donors (Lipinski definition) is 2. The highest BCUT2D eigenvalue weighted by Crippen LogP contribution is 2.31.